The largest absolute Gasteiger partial charge is 0.366 e. The minimum Gasteiger partial charge on any atom is -0.366 e. The van der Waals surface area contributed by atoms with Gasteiger partial charge in [-0.2, -0.15) is 0 Å². The molecule has 1 saturated carbocycles. The maximum atomic E-state index is 12.4. The van der Waals surface area contributed by atoms with E-state index in [-0.39, 0.29) is 17.4 Å². The van der Waals surface area contributed by atoms with Gasteiger partial charge in [-0.25, -0.2) is 0 Å². The van der Waals surface area contributed by atoms with Gasteiger partial charge >= 0.3 is 0 Å². The smallest absolute Gasteiger partial charge is 0.248 e. The number of hydrogen-bond donors (Lipinski definition) is 2. The second-order valence-electron chi connectivity index (χ2n) is 9.40. The third kappa shape index (κ3) is 5.09. The van der Waals surface area contributed by atoms with Crippen molar-refractivity contribution in [2.24, 2.45) is 11.7 Å². The lowest BCUT2D eigenvalue weighted by Gasteiger charge is -2.32. The van der Waals surface area contributed by atoms with Crippen molar-refractivity contribution in [2.45, 2.75) is 68.2 Å². The molecule has 0 bridgehead atoms. The topological polar surface area (TPSA) is 72.2 Å². The molecule has 162 valence electrons. The van der Waals surface area contributed by atoms with E-state index in [4.69, 9.17) is 28.9 Å². The van der Waals surface area contributed by atoms with Gasteiger partial charge in [0.1, 0.15) is 4.87 Å². The Morgan fingerprint density at radius 2 is 1.70 bits per heavy atom. The van der Waals surface area contributed by atoms with Crippen LogP contribution >= 0.6 is 23.2 Å². The minimum absolute atomic E-state index is 0.0986. The molecule has 0 radical (unpaired) electrons. The second kappa shape index (κ2) is 8.76. The van der Waals surface area contributed by atoms with Crippen molar-refractivity contribution in [2.75, 3.05) is 0 Å². The number of benzene rings is 1. The Labute approximate surface area is 188 Å². The van der Waals surface area contributed by atoms with E-state index >= 15 is 0 Å². The number of nitrogens with two attached hydrogens (primary N) is 1. The minimum atomic E-state index is -0.915. The van der Waals surface area contributed by atoms with Crippen molar-refractivity contribution >= 4 is 35.0 Å². The van der Waals surface area contributed by atoms with Crippen LogP contribution in [0.5, 0.6) is 0 Å². The molecule has 1 aromatic rings. The number of allylic oxidation sites excluding steroid dienone is 2. The highest BCUT2D eigenvalue weighted by Crippen LogP contribution is 2.42. The van der Waals surface area contributed by atoms with Gasteiger partial charge in [0, 0.05) is 17.0 Å². The Bertz CT molecular complexity index is 862. The van der Waals surface area contributed by atoms with Gasteiger partial charge in [-0.05, 0) is 63.5 Å². The zero-order valence-corrected chi connectivity index (χ0v) is 19.3. The van der Waals surface area contributed by atoms with Gasteiger partial charge in [-0.3, -0.25) is 9.59 Å². The number of hydrogen-bond acceptors (Lipinski definition) is 2. The number of primary amides is 1. The third-order valence-corrected chi connectivity index (χ3v) is 7.10. The summed E-state index contributed by atoms with van der Waals surface area (Å²) in [5.41, 5.74) is 7.65. The predicted molar refractivity (Wildman–Crippen MR) is 123 cm³/mol. The summed E-state index contributed by atoms with van der Waals surface area (Å²) in [5, 5.41) is 2.52. The van der Waals surface area contributed by atoms with Gasteiger partial charge in [-0.15, -0.1) is 23.2 Å². The lowest BCUT2D eigenvalue weighted by Crippen LogP contribution is -2.44. The van der Waals surface area contributed by atoms with Crippen molar-refractivity contribution in [3.63, 3.8) is 0 Å². The van der Waals surface area contributed by atoms with E-state index in [1.54, 1.807) is 18.2 Å². The summed E-state index contributed by atoms with van der Waals surface area (Å²) in [6, 6.07) is 8.21. The Hall–Kier alpha value is -1.78. The SMILES string of the molecule is CC(C)(C)NC(=O)[C@H]1CC[C@H](c2ccc(C3(Cl)C=CC(C(N)=O)=CC3Cl)cc2)CC1. The fourth-order valence-electron chi connectivity index (χ4n) is 4.23. The van der Waals surface area contributed by atoms with Crippen molar-refractivity contribution in [1.29, 1.82) is 0 Å². The predicted octanol–water partition coefficient (Wildman–Crippen LogP) is 4.90. The van der Waals surface area contributed by atoms with E-state index < -0.39 is 16.2 Å². The van der Waals surface area contributed by atoms with Crippen LogP contribution in [0.2, 0.25) is 0 Å². The molecule has 30 heavy (non-hydrogen) atoms. The maximum absolute atomic E-state index is 12.4. The van der Waals surface area contributed by atoms with Gasteiger partial charge in [0.2, 0.25) is 11.8 Å². The van der Waals surface area contributed by atoms with E-state index in [1.165, 1.54) is 5.56 Å². The molecule has 2 aliphatic carbocycles. The number of nitrogens with one attached hydrogen (secondary N) is 1. The van der Waals surface area contributed by atoms with Crippen LogP contribution in [-0.2, 0) is 14.5 Å². The number of carbonyl (C=O) groups excluding carboxylic acids is 2. The van der Waals surface area contributed by atoms with Gasteiger partial charge < -0.3 is 11.1 Å². The molecule has 4 nitrogen and oxygen atoms in total. The molecule has 0 spiro atoms. The molecule has 2 atom stereocenters. The first kappa shape index (κ1) is 22.9. The Morgan fingerprint density at radius 1 is 1.10 bits per heavy atom. The number of halogens is 2. The molecular weight excluding hydrogens is 419 g/mol. The molecular formula is C24H30Cl2N2O2. The van der Waals surface area contributed by atoms with E-state index in [2.05, 4.69) is 17.4 Å². The zero-order valence-electron chi connectivity index (χ0n) is 17.8. The van der Waals surface area contributed by atoms with Crippen molar-refractivity contribution in [3.8, 4) is 0 Å². The monoisotopic (exact) mass is 448 g/mol. The standard InChI is InChI=1S/C24H30Cl2N2O2/c1-23(2,3)28-22(30)17-6-4-15(5-7-17)16-8-10-19(11-9-16)24(26)13-12-18(21(27)29)14-20(24)25/h8-15,17,20H,4-7H2,1-3H3,(H2,27,29)(H,28,30)/t15-,17-,20?,24?. The third-order valence-electron chi connectivity index (χ3n) is 5.94. The molecule has 2 unspecified atom stereocenters. The average Bonchev–Trinajstić information content (AvgIpc) is 2.69. The fraction of sp³-hybridized carbons (Fsp3) is 0.500. The van der Waals surface area contributed by atoms with Crippen molar-refractivity contribution in [1.82, 2.24) is 5.32 Å². The van der Waals surface area contributed by atoms with Crippen LogP contribution < -0.4 is 11.1 Å². The van der Waals surface area contributed by atoms with Gasteiger partial charge in [0.15, 0.2) is 0 Å². The number of carbonyl (C=O) groups is 2. The summed E-state index contributed by atoms with van der Waals surface area (Å²) < 4.78 is 0. The van der Waals surface area contributed by atoms with E-state index in [0.717, 1.165) is 31.2 Å². The number of amides is 2. The van der Waals surface area contributed by atoms with Crippen molar-refractivity contribution < 1.29 is 9.59 Å². The van der Waals surface area contributed by atoms with E-state index in [0.29, 0.717) is 11.5 Å². The highest BCUT2D eigenvalue weighted by atomic mass is 35.5. The normalized spacial score (nSPS) is 29.2. The van der Waals surface area contributed by atoms with Gasteiger partial charge in [0.05, 0.1) is 5.38 Å². The molecule has 0 aromatic heterocycles. The zero-order chi connectivity index (χ0) is 22.1. The number of rotatable bonds is 4. The van der Waals surface area contributed by atoms with Gasteiger partial charge in [-0.1, -0.05) is 42.5 Å². The number of alkyl halides is 2. The van der Waals surface area contributed by atoms with Crippen LogP contribution in [0.3, 0.4) is 0 Å². The molecule has 0 heterocycles. The lowest BCUT2D eigenvalue weighted by molar-refractivity contribution is -0.127. The van der Waals surface area contributed by atoms with Crippen LogP contribution in [0.15, 0.2) is 48.1 Å². The Kier molecular flexibility index (Phi) is 6.69. The van der Waals surface area contributed by atoms with Crippen LogP contribution in [0, 0.1) is 5.92 Å². The van der Waals surface area contributed by atoms with Crippen LogP contribution in [0.1, 0.15) is 63.5 Å². The molecule has 0 aliphatic heterocycles. The highest BCUT2D eigenvalue weighted by Gasteiger charge is 2.37. The van der Waals surface area contributed by atoms with Crippen LogP contribution in [0.25, 0.3) is 0 Å². The Morgan fingerprint density at radius 3 is 2.20 bits per heavy atom. The summed E-state index contributed by atoms with van der Waals surface area (Å²) in [6.07, 6.45) is 8.77. The molecule has 6 heteroatoms. The van der Waals surface area contributed by atoms with Crippen LogP contribution in [-0.4, -0.2) is 22.7 Å². The van der Waals surface area contributed by atoms with Crippen molar-refractivity contribution in [3.05, 3.63) is 59.2 Å². The molecule has 0 saturated heterocycles. The molecule has 1 fully saturated rings. The molecule has 2 aliphatic rings. The first-order valence-corrected chi connectivity index (χ1v) is 11.3. The van der Waals surface area contributed by atoms with Gasteiger partial charge in [0.25, 0.3) is 0 Å². The molecule has 2 amide bonds. The summed E-state index contributed by atoms with van der Waals surface area (Å²) >= 11 is 13.3. The Balaban J connectivity index is 1.64. The summed E-state index contributed by atoms with van der Waals surface area (Å²) in [6.45, 7) is 6.04. The first-order valence-electron chi connectivity index (χ1n) is 10.5. The second-order valence-corrected chi connectivity index (χ2v) is 10.5. The molecule has 1 aromatic carbocycles. The summed E-state index contributed by atoms with van der Waals surface area (Å²) in [5.74, 6) is 0.194. The van der Waals surface area contributed by atoms with E-state index in [1.807, 2.05) is 32.9 Å². The average molecular weight is 449 g/mol. The molecule has 3 N–H and O–H groups in total. The maximum Gasteiger partial charge on any atom is 0.248 e. The first-order chi connectivity index (χ1) is 14.0. The lowest BCUT2D eigenvalue weighted by atomic mass is 9.77. The molecule has 3 rings (SSSR count). The summed E-state index contributed by atoms with van der Waals surface area (Å²) in [7, 11) is 0. The quantitative estimate of drug-likeness (QED) is 0.642. The van der Waals surface area contributed by atoms with E-state index in [9.17, 15) is 9.59 Å². The summed E-state index contributed by atoms with van der Waals surface area (Å²) in [4.78, 5) is 22.9. The fourth-order valence-corrected chi connectivity index (χ4v) is 4.81. The highest BCUT2D eigenvalue weighted by molar-refractivity contribution is 6.34. The van der Waals surface area contributed by atoms with Crippen LogP contribution in [0.4, 0.5) is 0 Å².